The summed E-state index contributed by atoms with van der Waals surface area (Å²) < 4.78 is 0. The minimum atomic E-state index is 0.205. The van der Waals surface area contributed by atoms with E-state index in [0.717, 1.165) is 31.4 Å². The molecule has 0 bridgehead atoms. The molecule has 2 heterocycles. The summed E-state index contributed by atoms with van der Waals surface area (Å²) in [7, 11) is 0. The maximum Gasteiger partial charge on any atom is 0.244 e. The Morgan fingerprint density at radius 1 is 1.20 bits per heavy atom. The largest absolute Gasteiger partial charge is 0.339 e. The van der Waals surface area contributed by atoms with Crippen LogP contribution in [-0.2, 0) is 5.41 Å². The van der Waals surface area contributed by atoms with Crippen molar-refractivity contribution in [3.63, 3.8) is 0 Å². The maximum atomic E-state index is 5.93. The van der Waals surface area contributed by atoms with Gasteiger partial charge in [-0.05, 0) is 37.6 Å². The van der Waals surface area contributed by atoms with Crippen LogP contribution in [0.2, 0.25) is 0 Å². The molecule has 1 aromatic heterocycles. The predicted molar refractivity (Wildman–Crippen MR) is 80.8 cm³/mol. The highest BCUT2D eigenvalue weighted by Crippen LogP contribution is 2.39. The summed E-state index contributed by atoms with van der Waals surface area (Å²) in [5, 5.41) is 7.68. The van der Waals surface area contributed by atoms with Gasteiger partial charge in [0.2, 0.25) is 5.95 Å². The first-order chi connectivity index (χ1) is 9.55. The molecule has 0 amide bonds. The number of piperidine rings is 1. The number of nitrogens with one attached hydrogen (secondary N) is 1. The molecule has 1 saturated carbocycles. The molecule has 2 aliphatic rings. The Morgan fingerprint density at radius 2 is 1.95 bits per heavy atom. The Hall–Kier alpha value is -1.10. The molecule has 0 radical (unpaired) electrons. The second kappa shape index (κ2) is 5.02. The lowest BCUT2D eigenvalue weighted by atomic mass is 9.82. The van der Waals surface area contributed by atoms with E-state index in [0.29, 0.717) is 0 Å². The fourth-order valence-electron chi connectivity index (χ4n) is 3.71. The van der Waals surface area contributed by atoms with Crippen molar-refractivity contribution in [2.45, 2.75) is 57.8 Å². The number of aromatic amines is 1. The van der Waals surface area contributed by atoms with Gasteiger partial charge in [0.15, 0.2) is 0 Å². The summed E-state index contributed by atoms with van der Waals surface area (Å²) in [6.07, 6.45) is 7.44. The monoisotopic (exact) mass is 277 g/mol. The van der Waals surface area contributed by atoms with Gasteiger partial charge < -0.3 is 10.6 Å². The molecule has 1 aliphatic heterocycles. The molecule has 3 N–H and O–H groups in total. The lowest BCUT2D eigenvalue weighted by Gasteiger charge is -2.39. The zero-order valence-electron chi connectivity index (χ0n) is 12.8. The van der Waals surface area contributed by atoms with Gasteiger partial charge in [-0.1, -0.05) is 26.7 Å². The summed E-state index contributed by atoms with van der Waals surface area (Å²) in [5.74, 6) is 1.94. The number of hydrogen-bond donors (Lipinski definition) is 2. The molecule has 0 spiro atoms. The van der Waals surface area contributed by atoms with Crippen molar-refractivity contribution in [1.82, 2.24) is 15.2 Å². The standard InChI is InChI=1S/C15H27N5/c1-14(10-16)6-5-9-20(11-14)13-17-12(18-19-13)15(2)7-3-4-8-15/h3-11,16H2,1-2H3,(H,17,18,19). The van der Waals surface area contributed by atoms with Crippen molar-refractivity contribution < 1.29 is 0 Å². The second-order valence-electron chi connectivity index (χ2n) is 7.29. The summed E-state index contributed by atoms with van der Waals surface area (Å²) in [5.41, 5.74) is 6.34. The van der Waals surface area contributed by atoms with Gasteiger partial charge in [0, 0.05) is 18.5 Å². The first kappa shape index (κ1) is 13.9. The zero-order valence-corrected chi connectivity index (χ0v) is 12.8. The SMILES string of the molecule is CC1(CN)CCCN(c2n[nH]c(C3(C)CCCC3)n2)C1. The highest BCUT2D eigenvalue weighted by Gasteiger charge is 2.36. The normalized spacial score (nSPS) is 29.9. The average molecular weight is 277 g/mol. The maximum absolute atomic E-state index is 5.93. The predicted octanol–water partition coefficient (Wildman–Crippen LogP) is 2.20. The van der Waals surface area contributed by atoms with Gasteiger partial charge in [-0.3, -0.25) is 5.10 Å². The molecule has 20 heavy (non-hydrogen) atoms. The van der Waals surface area contributed by atoms with Crippen molar-refractivity contribution in [2.75, 3.05) is 24.5 Å². The highest BCUT2D eigenvalue weighted by molar-refractivity contribution is 5.32. The molecule has 5 heteroatoms. The quantitative estimate of drug-likeness (QED) is 0.888. The van der Waals surface area contributed by atoms with Gasteiger partial charge in [0.1, 0.15) is 5.82 Å². The number of aromatic nitrogens is 3. The van der Waals surface area contributed by atoms with Crippen molar-refractivity contribution >= 4 is 5.95 Å². The molecule has 1 unspecified atom stereocenters. The van der Waals surface area contributed by atoms with Crippen molar-refractivity contribution in [3.8, 4) is 0 Å². The van der Waals surface area contributed by atoms with Crippen molar-refractivity contribution in [1.29, 1.82) is 0 Å². The van der Waals surface area contributed by atoms with Gasteiger partial charge in [-0.15, -0.1) is 5.10 Å². The molecule has 1 atom stereocenters. The first-order valence-electron chi connectivity index (χ1n) is 7.93. The minimum Gasteiger partial charge on any atom is -0.339 e. The molecule has 3 rings (SSSR count). The van der Waals surface area contributed by atoms with Crippen molar-refractivity contribution in [2.24, 2.45) is 11.1 Å². The summed E-state index contributed by atoms with van der Waals surface area (Å²) in [6, 6.07) is 0. The van der Waals surface area contributed by atoms with E-state index in [1.165, 1.54) is 38.5 Å². The second-order valence-corrected chi connectivity index (χ2v) is 7.29. The van der Waals surface area contributed by atoms with Crippen LogP contribution in [0.3, 0.4) is 0 Å². The van der Waals surface area contributed by atoms with E-state index in [1.54, 1.807) is 0 Å². The first-order valence-corrected chi connectivity index (χ1v) is 7.93. The van der Waals surface area contributed by atoms with Crippen LogP contribution in [0.4, 0.5) is 5.95 Å². The lowest BCUT2D eigenvalue weighted by Crippen LogP contribution is -2.46. The fraction of sp³-hybridized carbons (Fsp3) is 0.867. The third-order valence-corrected chi connectivity index (χ3v) is 5.31. The third-order valence-electron chi connectivity index (χ3n) is 5.31. The number of H-pyrrole nitrogens is 1. The molecule has 1 aromatic rings. The van der Waals surface area contributed by atoms with Crippen LogP contribution in [0.1, 0.15) is 58.2 Å². The van der Waals surface area contributed by atoms with E-state index in [1.807, 2.05) is 0 Å². The van der Waals surface area contributed by atoms with E-state index in [4.69, 9.17) is 10.7 Å². The Bertz CT molecular complexity index is 463. The van der Waals surface area contributed by atoms with Gasteiger partial charge in [-0.25, -0.2) is 0 Å². The van der Waals surface area contributed by atoms with Crippen LogP contribution < -0.4 is 10.6 Å². The molecular formula is C15H27N5. The number of nitrogens with zero attached hydrogens (tertiary/aromatic N) is 3. The summed E-state index contributed by atoms with van der Waals surface area (Å²) >= 11 is 0. The molecule has 0 aromatic carbocycles. The van der Waals surface area contributed by atoms with E-state index < -0.39 is 0 Å². The van der Waals surface area contributed by atoms with Crippen LogP contribution in [0, 0.1) is 5.41 Å². The van der Waals surface area contributed by atoms with Gasteiger partial charge >= 0.3 is 0 Å². The number of anilines is 1. The van der Waals surface area contributed by atoms with E-state index in [2.05, 4.69) is 28.9 Å². The van der Waals surface area contributed by atoms with Gasteiger partial charge in [0.05, 0.1) is 0 Å². The molecule has 5 nitrogen and oxygen atoms in total. The van der Waals surface area contributed by atoms with Crippen LogP contribution in [0.25, 0.3) is 0 Å². The Kier molecular flexibility index (Phi) is 3.48. The number of hydrogen-bond acceptors (Lipinski definition) is 4. The smallest absolute Gasteiger partial charge is 0.244 e. The lowest BCUT2D eigenvalue weighted by molar-refractivity contribution is 0.270. The van der Waals surface area contributed by atoms with Crippen LogP contribution in [0.5, 0.6) is 0 Å². The van der Waals surface area contributed by atoms with Gasteiger partial charge in [0.25, 0.3) is 0 Å². The van der Waals surface area contributed by atoms with Gasteiger partial charge in [-0.2, -0.15) is 4.98 Å². The fourth-order valence-corrected chi connectivity index (χ4v) is 3.71. The summed E-state index contributed by atoms with van der Waals surface area (Å²) in [6.45, 7) is 7.33. The van der Waals surface area contributed by atoms with Crippen LogP contribution in [-0.4, -0.2) is 34.8 Å². The number of rotatable bonds is 3. The Labute approximate surface area is 121 Å². The molecule has 1 aliphatic carbocycles. The Balaban J connectivity index is 1.76. The number of nitrogens with two attached hydrogens (primary N) is 1. The van der Waals surface area contributed by atoms with Crippen molar-refractivity contribution in [3.05, 3.63) is 5.82 Å². The third kappa shape index (κ3) is 2.43. The van der Waals surface area contributed by atoms with E-state index in [9.17, 15) is 0 Å². The Morgan fingerprint density at radius 3 is 2.65 bits per heavy atom. The van der Waals surface area contributed by atoms with E-state index >= 15 is 0 Å². The van der Waals surface area contributed by atoms with E-state index in [-0.39, 0.29) is 10.8 Å². The molecular weight excluding hydrogens is 250 g/mol. The molecule has 2 fully saturated rings. The van der Waals surface area contributed by atoms with Crippen LogP contribution >= 0.6 is 0 Å². The zero-order chi connectivity index (χ0) is 14.2. The van der Waals surface area contributed by atoms with Crippen LogP contribution in [0.15, 0.2) is 0 Å². The molecule has 1 saturated heterocycles. The molecule has 112 valence electrons. The topological polar surface area (TPSA) is 70.8 Å². The average Bonchev–Trinajstić information content (AvgIpc) is 3.08. The highest BCUT2D eigenvalue weighted by atomic mass is 15.4. The minimum absolute atomic E-state index is 0.205. The summed E-state index contributed by atoms with van der Waals surface area (Å²) in [4.78, 5) is 7.11.